The van der Waals surface area contributed by atoms with Crippen LogP contribution in [0.3, 0.4) is 0 Å². The second-order valence-electron chi connectivity index (χ2n) is 3.46. The molecular weight excluding hydrogens is 208 g/mol. The van der Waals surface area contributed by atoms with E-state index in [4.69, 9.17) is 0 Å². The van der Waals surface area contributed by atoms with Gasteiger partial charge in [0, 0.05) is 29.4 Å². The molecule has 2 heterocycles. The van der Waals surface area contributed by atoms with E-state index in [-0.39, 0.29) is 5.43 Å². The number of aromatic nitrogens is 2. The van der Waals surface area contributed by atoms with Gasteiger partial charge < -0.3 is 4.57 Å². The van der Waals surface area contributed by atoms with Crippen LogP contribution in [0, 0.1) is 13.8 Å². The van der Waals surface area contributed by atoms with Crippen molar-refractivity contribution in [3.63, 3.8) is 0 Å². The van der Waals surface area contributed by atoms with Gasteiger partial charge in [-0.1, -0.05) is 0 Å². The number of rotatable bonds is 2. The lowest BCUT2D eigenvalue weighted by Gasteiger charge is -2.01. The molecule has 0 aliphatic carbocycles. The standard InChI is InChI=1S/C11H12N2OS/c1-8-9(2)15-11(12-8)7-13-5-3-10(14)4-6-13/h3-6H,7H2,1-2H3. The van der Waals surface area contributed by atoms with E-state index < -0.39 is 0 Å². The normalized spacial score (nSPS) is 10.5. The fourth-order valence-electron chi connectivity index (χ4n) is 1.31. The Kier molecular flexibility index (Phi) is 2.68. The van der Waals surface area contributed by atoms with Gasteiger partial charge in [0.1, 0.15) is 5.01 Å². The van der Waals surface area contributed by atoms with E-state index in [0.29, 0.717) is 0 Å². The lowest BCUT2D eigenvalue weighted by Crippen LogP contribution is -2.04. The van der Waals surface area contributed by atoms with Crippen LogP contribution < -0.4 is 5.43 Å². The lowest BCUT2D eigenvalue weighted by molar-refractivity contribution is 0.780. The maximum Gasteiger partial charge on any atom is 0.181 e. The van der Waals surface area contributed by atoms with E-state index in [0.717, 1.165) is 17.2 Å². The predicted molar refractivity (Wildman–Crippen MR) is 61.4 cm³/mol. The number of pyridine rings is 1. The Bertz CT molecular complexity index is 488. The van der Waals surface area contributed by atoms with E-state index in [1.54, 1.807) is 35.9 Å². The Labute approximate surface area is 92.0 Å². The van der Waals surface area contributed by atoms with Gasteiger partial charge in [0.05, 0.1) is 12.2 Å². The highest BCUT2D eigenvalue weighted by atomic mass is 32.1. The third-order valence-corrected chi connectivity index (χ3v) is 3.31. The molecule has 0 aliphatic rings. The van der Waals surface area contributed by atoms with E-state index >= 15 is 0 Å². The summed E-state index contributed by atoms with van der Waals surface area (Å²) >= 11 is 1.70. The van der Waals surface area contributed by atoms with Crippen molar-refractivity contribution in [3.05, 3.63) is 50.3 Å². The SMILES string of the molecule is Cc1nc(Cn2ccc(=O)cc2)sc1C. The predicted octanol–water partition coefficient (Wildman–Crippen LogP) is 1.97. The Morgan fingerprint density at radius 2 is 2.00 bits per heavy atom. The molecule has 0 atom stereocenters. The molecule has 0 fully saturated rings. The van der Waals surface area contributed by atoms with Crippen molar-refractivity contribution in [2.24, 2.45) is 0 Å². The molecule has 0 radical (unpaired) electrons. The monoisotopic (exact) mass is 220 g/mol. The Hall–Kier alpha value is -1.42. The minimum Gasteiger partial charge on any atom is -0.347 e. The molecule has 0 bridgehead atoms. The third kappa shape index (κ3) is 2.33. The zero-order chi connectivity index (χ0) is 10.8. The molecule has 0 amide bonds. The average molecular weight is 220 g/mol. The average Bonchev–Trinajstić information content (AvgIpc) is 2.50. The second kappa shape index (κ2) is 3.98. The summed E-state index contributed by atoms with van der Waals surface area (Å²) in [7, 11) is 0. The van der Waals surface area contributed by atoms with Crippen LogP contribution in [0.2, 0.25) is 0 Å². The second-order valence-corrected chi connectivity index (χ2v) is 4.74. The quantitative estimate of drug-likeness (QED) is 0.775. The summed E-state index contributed by atoms with van der Waals surface area (Å²) in [5, 5.41) is 1.08. The van der Waals surface area contributed by atoms with Crippen molar-refractivity contribution in [1.29, 1.82) is 0 Å². The number of hydrogen-bond donors (Lipinski definition) is 0. The fraction of sp³-hybridized carbons (Fsp3) is 0.273. The van der Waals surface area contributed by atoms with Crippen LogP contribution in [0.4, 0.5) is 0 Å². The van der Waals surface area contributed by atoms with Gasteiger partial charge in [-0.2, -0.15) is 0 Å². The molecule has 15 heavy (non-hydrogen) atoms. The first-order valence-electron chi connectivity index (χ1n) is 4.74. The van der Waals surface area contributed by atoms with Crippen molar-refractivity contribution in [1.82, 2.24) is 9.55 Å². The molecule has 2 aromatic rings. The molecule has 0 aliphatic heterocycles. The van der Waals surface area contributed by atoms with Crippen LogP contribution in [0.25, 0.3) is 0 Å². The van der Waals surface area contributed by atoms with Gasteiger partial charge in [-0.25, -0.2) is 4.98 Å². The van der Waals surface area contributed by atoms with Crippen LogP contribution >= 0.6 is 11.3 Å². The number of hydrogen-bond acceptors (Lipinski definition) is 3. The molecule has 2 aromatic heterocycles. The molecule has 0 saturated heterocycles. The minimum absolute atomic E-state index is 0.0396. The van der Waals surface area contributed by atoms with E-state index in [9.17, 15) is 4.79 Å². The zero-order valence-corrected chi connectivity index (χ0v) is 9.54. The first-order valence-corrected chi connectivity index (χ1v) is 5.56. The maximum absolute atomic E-state index is 10.9. The molecule has 78 valence electrons. The highest BCUT2D eigenvalue weighted by Crippen LogP contribution is 2.16. The topological polar surface area (TPSA) is 34.9 Å². The zero-order valence-electron chi connectivity index (χ0n) is 8.73. The number of thiazole rings is 1. The summed E-state index contributed by atoms with van der Waals surface area (Å²) in [6.45, 7) is 4.82. The molecule has 0 saturated carbocycles. The maximum atomic E-state index is 10.9. The van der Waals surface area contributed by atoms with Gasteiger partial charge in [-0.3, -0.25) is 4.79 Å². The van der Waals surface area contributed by atoms with Gasteiger partial charge in [0.2, 0.25) is 0 Å². The van der Waals surface area contributed by atoms with Gasteiger partial charge in [-0.05, 0) is 13.8 Å². The van der Waals surface area contributed by atoms with E-state index in [1.165, 1.54) is 4.88 Å². The first kappa shape index (κ1) is 10.1. The van der Waals surface area contributed by atoms with Crippen molar-refractivity contribution >= 4 is 11.3 Å². The minimum atomic E-state index is 0.0396. The Morgan fingerprint density at radius 3 is 2.53 bits per heavy atom. The fourth-order valence-corrected chi connectivity index (χ4v) is 2.26. The Balaban J connectivity index is 2.21. The van der Waals surface area contributed by atoms with Crippen LogP contribution in [0.1, 0.15) is 15.6 Å². The Morgan fingerprint density at radius 1 is 1.33 bits per heavy atom. The van der Waals surface area contributed by atoms with Gasteiger partial charge in [-0.15, -0.1) is 11.3 Å². The summed E-state index contributed by atoms with van der Waals surface area (Å²) < 4.78 is 1.96. The van der Waals surface area contributed by atoms with E-state index in [1.807, 2.05) is 11.5 Å². The third-order valence-electron chi connectivity index (χ3n) is 2.25. The van der Waals surface area contributed by atoms with Crippen molar-refractivity contribution in [2.75, 3.05) is 0 Å². The van der Waals surface area contributed by atoms with Gasteiger partial charge in [0.15, 0.2) is 5.43 Å². The van der Waals surface area contributed by atoms with Crippen molar-refractivity contribution in [3.8, 4) is 0 Å². The molecule has 2 rings (SSSR count). The van der Waals surface area contributed by atoms with Gasteiger partial charge in [0.25, 0.3) is 0 Å². The molecule has 0 aromatic carbocycles. The summed E-state index contributed by atoms with van der Waals surface area (Å²) in [5.74, 6) is 0. The van der Waals surface area contributed by atoms with Crippen LogP contribution in [-0.2, 0) is 6.54 Å². The highest BCUT2D eigenvalue weighted by Gasteiger charge is 2.03. The van der Waals surface area contributed by atoms with Crippen molar-refractivity contribution in [2.45, 2.75) is 20.4 Å². The lowest BCUT2D eigenvalue weighted by atomic mass is 10.4. The first-order chi connectivity index (χ1) is 7.15. The van der Waals surface area contributed by atoms with Crippen LogP contribution in [0.5, 0.6) is 0 Å². The van der Waals surface area contributed by atoms with Crippen molar-refractivity contribution < 1.29 is 0 Å². The van der Waals surface area contributed by atoms with E-state index in [2.05, 4.69) is 11.9 Å². The summed E-state index contributed by atoms with van der Waals surface area (Å²) in [5.41, 5.74) is 1.13. The van der Waals surface area contributed by atoms with Crippen LogP contribution in [-0.4, -0.2) is 9.55 Å². The number of nitrogens with zero attached hydrogens (tertiary/aromatic N) is 2. The summed E-state index contributed by atoms with van der Waals surface area (Å²) in [6, 6.07) is 3.13. The molecule has 3 nitrogen and oxygen atoms in total. The molecule has 0 spiro atoms. The highest BCUT2D eigenvalue weighted by molar-refractivity contribution is 7.11. The van der Waals surface area contributed by atoms with Gasteiger partial charge >= 0.3 is 0 Å². The smallest absolute Gasteiger partial charge is 0.181 e. The van der Waals surface area contributed by atoms with Crippen LogP contribution in [0.15, 0.2) is 29.3 Å². The molecule has 0 unspecified atom stereocenters. The molecule has 0 N–H and O–H groups in total. The molecular formula is C11H12N2OS. The summed E-state index contributed by atoms with van der Waals surface area (Å²) in [4.78, 5) is 16.6. The number of aryl methyl sites for hydroxylation is 2. The largest absolute Gasteiger partial charge is 0.347 e. The summed E-state index contributed by atoms with van der Waals surface area (Å²) in [6.07, 6.45) is 3.57. The molecule has 4 heteroatoms.